The molecule has 0 spiro atoms. The summed E-state index contributed by atoms with van der Waals surface area (Å²) in [7, 11) is 0. The zero-order valence-corrected chi connectivity index (χ0v) is 14.7. The molecule has 3 rings (SSSR count). The first-order valence-corrected chi connectivity index (χ1v) is 9.62. The molecule has 0 unspecified atom stereocenters. The maximum absolute atomic E-state index is 12.6. The molecule has 1 aliphatic carbocycles. The van der Waals surface area contributed by atoms with Crippen molar-refractivity contribution in [3.63, 3.8) is 0 Å². The van der Waals surface area contributed by atoms with Crippen LogP contribution in [0.4, 0.5) is 0 Å². The number of rotatable bonds is 2. The monoisotopic (exact) mass is 337 g/mol. The first-order chi connectivity index (χ1) is 11.3. The Hall–Kier alpha value is -0.980. The summed E-state index contributed by atoms with van der Waals surface area (Å²) in [6, 6.07) is 0.350. The summed E-state index contributed by atoms with van der Waals surface area (Å²) in [5.41, 5.74) is 3.04. The number of nitrogens with zero attached hydrogens (tertiary/aromatic N) is 2. The number of hydrogen-bond acceptors (Lipinski definition) is 5. The normalized spacial score (nSPS) is 27.8. The number of nitrogens with one attached hydrogen (secondary N) is 1. The summed E-state index contributed by atoms with van der Waals surface area (Å²) in [5.74, 6) is 0.335. The molecule has 1 aromatic rings. The number of ether oxygens (including phenoxy) is 1. The van der Waals surface area contributed by atoms with Crippen LogP contribution in [-0.4, -0.2) is 48.1 Å². The molecule has 2 fully saturated rings. The van der Waals surface area contributed by atoms with E-state index in [0.29, 0.717) is 19.2 Å². The van der Waals surface area contributed by atoms with E-state index in [4.69, 9.17) is 4.74 Å². The van der Waals surface area contributed by atoms with E-state index in [0.717, 1.165) is 44.7 Å². The maximum Gasteiger partial charge on any atom is 0.224 e. The number of carbonyl (C=O) groups excluding carboxylic acids is 1. The Morgan fingerprint density at radius 2 is 2.22 bits per heavy atom. The molecule has 5 nitrogen and oxygen atoms in total. The molecule has 1 aromatic heterocycles. The van der Waals surface area contributed by atoms with Gasteiger partial charge in [0.2, 0.25) is 5.91 Å². The number of carbonyl (C=O) groups is 1. The Labute approximate surface area is 142 Å². The molecule has 23 heavy (non-hydrogen) atoms. The Balaban J connectivity index is 1.79. The lowest BCUT2D eigenvalue weighted by Crippen LogP contribution is -2.48. The Bertz CT molecular complexity index is 520. The van der Waals surface area contributed by atoms with Crippen molar-refractivity contribution in [3.05, 3.63) is 16.1 Å². The fraction of sp³-hybridized carbons (Fsp3) is 0.765. The van der Waals surface area contributed by atoms with E-state index in [1.54, 1.807) is 11.3 Å². The van der Waals surface area contributed by atoms with Crippen molar-refractivity contribution in [1.82, 2.24) is 15.2 Å². The Morgan fingerprint density at radius 1 is 1.35 bits per heavy atom. The van der Waals surface area contributed by atoms with Crippen LogP contribution >= 0.6 is 11.3 Å². The predicted octanol–water partition coefficient (Wildman–Crippen LogP) is 2.35. The van der Waals surface area contributed by atoms with E-state index < -0.39 is 0 Å². The molecule has 1 aliphatic heterocycles. The average molecular weight is 337 g/mol. The topological polar surface area (TPSA) is 54.5 Å². The summed E-state index contributed by atoms with van der Waals surface area (Å²) in [6.07, 6.45) is 5.54. The van der Waals surface area contributed by atoms with Crippen molar-refractivity contribution >= 4 is 17.2 Å². The molecule has 1 N–H and O–H groups in total. The van der Waals surface area contributed by atoms with Crippen LogP contribution in [0.15, 0.2) is 5.51 Å². The van der Waals surface area contributed by atoms with Crippen molar-refractivity contribution in [2.24, 2.45) is 5.92 Å². The van der Waals surface area contributed by atoms with Crippen molar-refractivity contribution in [2.75, 3.05) is 26.3 Å². The zero-order valence-electron chi connectivity index (χ0n) is 13.9. The number of aryl methyl sites for hydroxylation is 1. The molecular formula is C17H27N3O2S. The fourth-order valence-electron chi connectivity index (χ4n) is 3.73. The van der Waals surface area contributed by atoms with Crippen LogP contribution in [0.2, 0.25) is 0 Å². The second kappa shape index (κ2) is 8.22. The molecule has 1 amide bonds. The highest BCUT2D eigenvalue weighted by atomic mass is 32.1. The van der Waals surface area contributed by atoms with Gasteiger partial charge < -0.3 is 10.1 Å². The summed E-state index contributed by atoms with van der Waals surface area (Å²) in [6.45, 7) is 6.00. The van der Waals surface area contributed by atoms with Crippen LogP contribution in [0.25, 0.3) is 0 Å². The lowest BCUT2D eigenvalue weighted by atomic mass is 9.82. The van der Waals surface area contributed by atoms with Crippen LogP contribution in [0.5, 0.6) is 0 Å². The van der Waals surface area contributed by atoms with Crippen molar-refractivity contribution < 1.29 is 9.53 Å². The van der Waals surface area contributed by atoms with Crippen molar-refractivity contribution in [1.29, 1.82) is 0 Å². The van der Waals surface area contributed by atoms with Gasteiger partial charge in [-0.25, -0.2) is 4.98 Å². The number of fused-ring (bicyclic) bond motifs is 1. The standard InChI is InChI=1S/C17H27N3O2S/c1-13-16(23-12-19-13)11-20-8-4-9-22-10-7-18-17(21)14-5-2-3-6-15(14)20/h12,14-15H,2-11H2,1H3,(H,18,21)/t14-,15+/m1/s1. The molecule has 1 saturated heterocycles. The second-order valence-corrected chi connectivity index (χ2v) is 7.49. The Morgan fingerprint density at radius 3 is 3.04 bits per heavy atom. The molecule has 0 bridgehead atoms. The lowest BCUT2D eigenvalue weighted by molar-refractivity contribution is -0.128. The number of amides is 1. The van der Waals surface area contributed by atoms with E-state index in [-0.39, 0.29) is 11.8 Å². The first kappa shape index (κ1) is 16.9. The third kappa shape index (κ3) is 4.31. The molecular weight excluding hydrogens is 310 g/mol. The van der Waals surface area contributed by atoms with Crippen LogP contribution in [0.3, 0.4) is 0 Å². The van der Waals surface area contributed by atoms with Gasteiger partial charge in [0.1, 0.15) is 0 Å². The quantitative estimate of drug-likeness (QED) is 0.900. The molecule has 0 aromatic carbocycles. The summed E-state index contributed by atoms with van der Waals surface area (Å²) in [4.78, 5) is 20.8. The number of thiazole rings is 1. The van der Waals surface area contributed by atoms with Crippen LogP contribution in [0, 0.1) is 12.8 Å². The van der Waals surface area contributed by atoms with E-state index in [2.05, 4.69) is 22.1 Å². The zero-order chi connectivity index (χ0) is 16.1. The minimum Gasteiger partial charge on any atom is -0.380 e. The highest BCUT2D eigenvalue weighted by Gasteiger charge is 2.35. The van der Waals surface area contributed by atoms with Gasteiger partial charge in [-0.05, 0) is 26.2 Å². The second-order valence-electron chi connectivity index (χ2n) is 6.55. The van der Waals surface area contributed by atoms with Gasteiger partial charge in [-0.2, -0.15) is 0 Å². The molecule has 1 saturated carbocycles. The van der Waals surface area contributed by atoms with Crippen LogP contribution < -0.4 is 5.32 Å². The summed E-state index contributed by atoms with van der Waals surface area (Å²) >= 11 is 1.72. The van der Waals surface area contributed by atoms with Crippen molar-refractivity contribution in [2.45, 2.75) is 51.6 Å². The molecule has 0 radical (unpaired) electrons. The fourth-order valence-corrected chi connectivity index (χ4v) is 4.53. The predicted molar refractivity (Wildman–Crippen MR) is 91.5 cm³/mol. The van der Waals surface area contributed by atoms with Gasteiger partial charge >= 0.3 is 0 Å². The van der Waals surface area contributed by atoms with Gasteiger partial charge in [-0.15, -0.1) is 11.3 Å². The third-order valence-electron chi connectivity index (χ3n) is 5.01. The number of aromatic nitrogens is 1. The molecule has 6 heteroatoms. The molecule has 128 valence electrons. The van der Waals surface area contributed by atoms with Gasteiger partial charge in [-0.3, -0.25) is 9.69 Å². The number of hydrogen-bond donors (Lipinski definition) is 1. The minimum absolute atomic E-state index is 0.120. The maximum atomic E-state index is 12.6. The summed E-state index contributed by atoms with van der Waals surface area (Å²) < 4.78 is 5.62. The lowest BCUT2D eigenvalue weighted by Gasteiger charge is -2.39. The van der Waals surface area contributed by atoms with Gasteiger partial charge in [0.25, 0.3) is 0 Å². The summed E-state index contributed by atoms with van der Waals surface area (Å²) in [5, 5.41) is 3.07. The van der Waals surface area contributed by atoms with Gasteiger partial charge in [0.05, 0.1) is 23.7 Å². The molecule has 2 aliphatic rings. The van der Waals surface area contributed by atoms with Crippen molar-refractivity contribution in [3.8, 4) is 0 Å². The SMILES string of the molecule is Cc1ncsc1CN1CCCOCCNC(=O)[C@@H]2CCCC[C@@H]21. The largest absolute Gasteiger partial charge is 0.380 e. The Kier molecular flexibility index (Phi) is 6.02. The molecule has 2 atom stereocenters. The minimum atomic E-state index is 0.120. The van der Waals surface area contributed by atoms with E-state index in [1.165, 1.54) is 17.7 Å². The molecule has 2 heterocycles. The van der Waals surface area contributed by atoms with Crippen LogP contribution in [0.1, 0.15) is 42.7 Å². The van der Waals surface area contributed by atoms with E-state index >= 15 is 0 Å². The first-order valence-electron chi connectivity index (χ1n) is 8.74. The third-order valence-corrected chi connectivity index (χ3v) is 5.93. The van der Waals surface area contributed by atoms with Gasteiger partial charge in [-0.1, -0.05) is 12.8 Å². The highest BCUT2D eigenvalue weighted by molar-refractivity contribution is 7.09. The van der Waals surface area contributed by atoms with Crippen LogP contribution in [-0.2, 0) is 16.1 Å². The average Bonchev–Trinajstić information content (AvgIpc) is 2.95. The van der Waals surface area contributed by atoms with Gasteiger partial charge in [0, 0.05) is 37.2 Å². The van der Waals surface area contributed by atoms with E-state index in [9.17, 15) is 4.79 Å². The smallest absolute Gasteiger partial charge is 0.224 e. The highest BCUT2D eigenvalue weighted by Crippen LogP contribution is 2.31. The van der Waals surface area contributed by atoms with Gasteiger partial charge in [0.15, 0.2) is 0 Å². The van der Waals surface area contributed by atoms with E-state index in [1.807, 2.05) is 5.51 Å².